The van der Waals surface area contributed by atoms with Crippen LogP contribution in [0.2, 0.25) is 0 Å². The Morgan fingerprint density at radius 3 is 2.20 bits per heavy atom. The third-order valence-electron chi connectivity index (χ3n) is 6.27. The Bertz CT molecular complexity index is 1080. The summed E-state index contributed by atoms with van der Waals surface area (Å²) in [6.07, 6.45) is 9.75. The zero-order chi connectivity index (χ0) is 25.2. The first kappa shape index (κ1) is 27.9. The first-order valence-corrected chi connectivity index (χ1v) is 14.6. The van der Waals surface area contributed by atoms with Crippen molar-refractivity contribution < 1.29 is 9.53 Å². The minimum atomic E-state index is 0.0232. The number of fused-ring (bicyclic) bond motifs is 1. The molecular weight excluding hydrogens is 568 g/mol. The zero-order valence-corrected chi connectivity index (χ0v) is 24.5. The molecule has 0 N–H and O–H groups in total. The fraction of sp³-hybridized carbons (Fsp3) is 0.483. The van der Waals surface area contributed by atoms with Gasteiger partial charge in [-0.1, -0.05) is 46.1 Å². The zero-order valence-electron chi connectivity index (χ0n) is 21.3. The molecule has 2 aromatic heterocycles. The second-order valence-electron chi connectivity index (χ2n) is 9.11. The molecule has 2 heterocycles. The number of hydrogen-bond acceptors (Lipinski definition) is 3. The van der Waals surface area contributed by atoms with Gasteiger partial charge in [0.25, 0.3) is 0 Å². The first-order valence-electron chi connectivity index (χ1n) is 13.0. The molecule has 0 fully saturated rings. The third-order valence-corrected chi connectivity index (χ3v) is 7.45. The number of carbonyl (C=O) groups is 1. The second kappa shape index (κ2) is 14.2. The molecule has 4 nitrogen and oxygen atoms in total. The fourth-order valence-corrected chi connectivity index (χ4v) is 5.84. The Morgan fingerprint density at radius 2 is 1.57 bits per heavy atom. The van der Waals surface area contributed by atoms with Crippen molar-refractivity contribution in [2.45, 2.75) is 65.7 Å². The maximum absolute atomic E-state index is 13.6. The minimum absolute atomic E-state index is 0.0232. The van der Waals surface area contributed by atoms with Crippen LogP contribution in [0.15, 0.2) is 51.5 Å². The number of nitrogens with zero attached hydrogens (tertiary/aromatic N) is 2. The van der Waals surface area contributed by atoms with E-state index in [4.69, 9.17) is 4.74 Å². The van der Waals surface area contributed by atoms with Crippen LogP contribution in [0.1, 0.15) is 80.9 Å². The summed E-state index contributed by atoms with van der Waals surface area (Å²) in [6.45, 7) is 10.6. The number of pyridine rings is 1. The van der Waals surface area contributed by atoms with Gasteiger partial charge in [-0.15, -0.1) is 0 Å². The van der Waals surface area contributed by atoms with Crippen LogP contribution < -0.4 is 4.74 Å². The van der Waals surface area contributed by atoms with E-state index in [1.807, 2.05) is 40.9 Å². The van der Waals surface area contributed by atoms with E-state index in [2.05, 4.69) is 63.6 Å². The molecule has 6 heteroatoms. The number of unbranched alkanes of at least 4 members (excludes halogenated alkanes) is 2. The molecule has 0 aliphatic rings. The van der Waals surface area contributed by atoms with Crippen LogP contribution in [0, 0.1) is 0 Å². The molecule has 35 heavy (non-hydrogen) atoms. The van der Waals surface area contributed by atoms with Gasteiger partial charge in [-0.05, 0) is 107 Å². The van der Waals surface area contributed by atoms with Crippen molar-refractivity contribution in [3.63, 3.8) is 0 Å². The van der Waals surface area contributed by atoms with E-state index in [9.17, 15) is 4.79 Å². The number of rotatable bonds is 15. The normalized spacial score (nSPS) is 11.5. The molecule has 0 aliphatic carbocycles. The van der Waals surface area contributed by atoms with E-state index >= 15 is 0 Å². The van der Waals surface area contributed by atoms with Crippen LogP contribution in [0.4, 0.5) is 0 Å². The van der Waals surface area contributed by atoms with Gasteiger partial charge in [0, 0.05) is 23.8 Å². The van der Waals surface area contributed by atoms with Gasteiger partial charge in [0.2, 0.25) is 5.78 Å². The van der Waals surface area contributed by atoms with Crippen LogP contribution in [0.5, 0.6) is 5.75 Å². The van der Waals surface area contributed by atoms with Crippen molar-refractivity contribution >= 4 is 43.2 Å². The Kier molecular flexibility index (Phi) is 11.3. The lowest BCUT2D eigenvalue weighted by atomic mass is 10.0. The average molecular weight is 606 g/mol. The maximum atomic E-state index is 13.6. The number of halogens is 2. The molecule has 0 amide bonds. The van der Waals surface area contributed by atoms with Crippen molar-refractivity contribution in [1.82, 2.24) is 9.30 Å². The summed E-state index contributed by atoms with van der Waals surface area (Å²) in [7, 11) is 0. The van der Waals surface area contributed by atoms with E-state index in [1.54, 1.807) is 0 Å². The monoisotopic (exact) mass is 604 g/mol. The highest BCUT2D eigenvalue weighted by Crippen LogP contribution is 2.36. The van der Waals surface area contributed by atoms with Crippen molar-refractivity contribution in [2.24, 2.45) is 0 Å². The number of benzene rings is 1. The van der Waals surface area contributed by atoms with E-state index in [0.717, 1.165) is 70.4 Å². The van der Waals surface area contributed by atoms with Crippen LogP contribution >= 0.6 is 31.9 Å². The SMILES string of the molecule is CCCCN(CCCC)CCCOc1c(Br)cc(C(=O)c2c(CCC)cc3ccccn23)cc1Br. The van der Waals surface area contributed by atoms with Crippen molar-refractivity contribution in [1.29, 1.82) is 0 Å². The van der Waals surface area contributed by atoms with Gasteiger partial charge in [0.1, 0.15) is 5.75 Å². The van der Waals surface area contributed by atoms with Gasteiger partial charge in [0.15, 0.2) is 0 Å². The summed E-state index contributed by atoms with van der Waals surface area (Å²) >= 11 is 7.31. The molecule has 190 valence electrons. The fourth-order valence-electron chi connectivity index (χ4n) is 4.42. The lowest BCUT2D eigenvalue weighted by Crippen LogP contribution is -2.28. The summed E-state index contributed by atoms with van der Waals surface area (Å²) in [5, 5.41) is 0. The summed E-state index contributed by atoms with van der Waals surface area (Å²) in [5.41, 5.74) is 3.52. The number of carbonyl (C=O) groups excluding carboxylic acids is 1. The van der Waals surface area contributed by atoms with E-state index < -0.39 is 0 Å². The second-order valence-corrected chi connectivity index (χ2v) is 10.8. The molecule has 0 aliphatic heterocycles. The molecule has 0 spiro atoms. The van der Waals surface area contributed by atoms with Gasteiger partial charge in [-0.3, -0.25) is 4.79 Å². The summed E-state index contributed by atoms with van der Waals surface area (Å²) in [4.78, 5) is 16.2. The topological polar surface area (TPSA) is 34.0 Å². The van der Waals surface area contributed by atoms with Crippen LogP contribution in [-0.4, -0.2) is 41.3 Å². The van der Waals surface area contributed by atoms with Gasteiger partial charge in [0.05, 0.1) is 21.2 Å². The van der Waals surface area contributed by atoms with Crippen LogP contribution in [0.3, 0.4) is 0 Å². The van der Waals surface area contributed by atoms with Crippen molar-refractivity contribution in [3.05, 3.63) is 68.4 Å². The number of hydrogen-bond donors (Lipinski definition) is 0. The molecule has 3 aromatic rings. The van der Waals surface area contributed by atoms with Crippen molar-refractivity contribution in [2.75, 3.05) is 26.2 Å². The number of ketones is 1. The highest BCUT2D eigenvalue weighted by Gasteiger charge is 2.21. The first-order chi connectivity index (χ1) is 17.0. The summed E-state index contributed by atoms with van der Waals surface area (Å²) in [5.74, 6) is 0.777. The summed E-state index contributed by atoms with van der Waals surface area (Å²) < 4.78 is 9.74. The molecule has 0 unspecified atom stereocenters. The Balaban J connectivity index is 1.71. The molecule has 1 aromatic carbocycles. The molecule has 0 bridgehead atoms. The molecule has 0 radical (unpaired) electrons. The molecule has 0 atom stereocenters. The Morgan fingerprint density at radius 1 is 0.914 bits per heavy atom. The Labute approximate surface area is 227 Å². The van der Waals surface area contributed by atoms with E-state index in [0.29, 0.717) is 12.2 Å². The number of aryl methyl sites for hydroxylation is 1. The highest BCUT2D eigenvalue weighted by molar-refractivity contribution is 9.11. The Hall–Kier alpha value is -1.63. The highest BCUT2D eigenvalue weighted by atomic mass is 79.9. The number of ether oxygens (including phenoxy) is 1. The average Bonchev–Trinajstić information content (AvgIpc) is 3.21. The lowest BCUT2D eigenvalue weighted by molar-refractivity contribution is 0.103. The smallest absolute Gasteiger partial charge is 0.210 e. The number of aromatic nitrogens is 1. The molecule has 3 rings (SSSR count). The predicted octanol–water partition coefficient (Wildman–Crippen LogP) is 8.32. The standard InChI is InChI=1S/C29H38Br2N2O2/c1-4-7-14-32(15-8-5-2)16-11-18-35-29-25(30)20-23(21-26(29)31)28(34)27-22(12-6-3)19-24-13-9-10-17-33(24)27/h9-10,13,17,19-21H,4-8,11-12,14-16,18H2,1-3H3. The minimum Gasteiger partial charge on any atom is -0.491 e. The van der Waals surface area contributed by atoms with Crippen LogP contribution in [-0.2, 0) is 6.42 Å². The van der Waals surface area contributed by atoms with Gasteiger partial charge in [-0.25, -0.2) is 0 Å². The summed E-state index contributed by atoms with van der Waals surface area (Å²) in [6, 6.07) is 11.9. The molecule has 0 saturated carbocycles. The van der Waals surface area contributed by atoms with Crippen LogP contribution in [0.25, 0.3) is 5.52 Å². The van der Waals surface area contributed by atoms with E-state index in [-0.39, 0.29) is 5.78 Å². The molecule has 0 saturated heterocycles. The lowest BCUT2D eigenvalue weighted by Gasteiger charge is -2.22. The third kappa shape index (κ3) is 7.43. The van der Waals surface area contributed by atoms with Gasteiger partial charge >= 0.3 is 0 Å². The maximum Gasteiger partial charge on any atom is 0.210 e. The van der Waals surface area contributed by atoms with Gasteiger partial charge < -0.3 is 14.0 Å². The van der Waals surface area contributed by atoms with E-state index in [1.165, 1.54) is 25.7 Å². The molecular formula is C29H38Br2N2O2. The largest absolute Gasteiger partial charge is 0.491 e. The quantitative estimate of drug-likeness (QED) is 0.129. The predicted molar refractivity (Wildman–Crippen MR) is 153 cm³/mol. The van der Waals surface area contributed by atoms with Gasteiger partial charge in [-0.2, -0.15) is 0 Å². The van der Waals surface area contributed by atoms with Crippen molar-refractivity contribution in [3.8, 4) is 5.75 Å².